The number of hydrogen-bond donors (Lipinski definition) is 2. The number of pyridine rings is 1. The fourth-order valence-electron chi connectivity index (χ4n) is 3.81. The summed E-state index contributed by atoms with van der Waals surface area (Å²) in [6.45, 7) is 2.79. The first-order valence-electron chi connectivity index (χ1n) is 9.50. The van der Waals surface area contributed by atoms with E-state index in [0.29, 0.717) is 18.6 Å². The third kappa shape index (κ3) is 3.05. The minimum atomic E-state index is -0.307. The average Bonchev–Trinajstić information content (AvgIpc) is 3.34. The molecule has 140 valence electrons. The first-order chi connectivity index (χ1) is 13.2. The molecule has 4 heterocycles. The number of anilines is 1. The lowest BCUT2D eigenvalue weighted by Crippen LogP contribution is -2.47. The number of carbonyl (C=O) groups is 1. The van der Waals surface area contributed by atoms with E-state index in [4.69, 9.17) is 4.74 Å². The van der Waals surface area contributed by atoms with Crippen molar-refractivity contribution >= 4 is 33.7 Å². The molecule has 0 aromatic carbocycles. The average molecular weight is 366 g/mol. The van der Waals surface area contributed by atoms with Crippen LogP contribution in [0.4, 0.5) is 10.6 Å². The second-order valence-corrected chi connectivity index (χ2v) is 7.52. The molecule has 1 saturated carbocycles. The van der Waals surface area contributed by atoms with Crippen molar-refractivity contribution in [2.45, 2.75) is 50.8 Å². The van der Waals surface area contributed by atoms with E-state index in [2.05, 4.69) is 37.3 Å². The molecule has 8 nitrogen and oxygen atoms in total. The molecule has 1 saturated heterocycles. The van der Waals surface area contributed by atoms with Gasteiger partial charge < -0.3 is 19.9 Å². The first kappa shape index (κ1) is 16.3. The normalized spacial score (nSPS) is 22.9. The minimum absolute atomic E-state index is 0.152. The summed E-state index contributed by atoms with van der Waals surface area (Å²) in [5.41, 5.74) is 0.832. The van der Waals surface area contributed by atoms with Gasteiger partial charge in [0.15, 0.2) is 5.82 Å². The Balaban J connectivity index is 1.46. The van der Waals surface area contributed by atoms with Crippen molar-refractivity contribution in [1.29, 1.82) is 0 Å². The van der Waals surface area contributed by atoms with E-state index in [1.165, 1.54) is 0 Å². The van der Waals surface area contributed by atoms with Gasteiger partial charge in [-0.3, -0.25) is 0 Å². The number of carbonyl (C=O) groups excluding carboxylic acids is 1. The summed E-state index contributed by atoms with van der Waals surface area (Å²) >= 11 is 0. The molecule has 2 aliphatic rings. The summed E-state index contributed by atoms with van der Waals surface area (Å²) in [5, 5.41) is 14.6. The maximum Gasteiger partial charge on any atom is 0.407 e. The number of fused-ring (bicyclic) bond motifs is 3. The molecule has 0 spiro atoms. The van der Waals surface area contributed by atoms with Crippen LogP contribution in [0.25, 0.3) is 21.8 Å². The van der Waals surface area contributed by atoms with Gasteiger partial charge in [0.2, 0.25) is 0 Å². The topological polar surface area (TPSA) is 96.0 Å². The molecule has 27 heavy (non-hydrogen) atoms. The van der Waals surface area contributed by atoms with Crippen molar-refractivity contribution in [3.05, 3.63) is 24.7 Å². The number of hydrogen-bond acceptors (Lipinski definition) is 6. The lowest BCUT2D eigenvalue weighted by molar-refractivity contribution is 0.0833. The van der Waals surface area contributed by atoms with Crippen molar-refractivity contribution in [2.24, 2.45) is 0 Å². The summed E-state index contributed by atoms with van der Waals surface area (Å²) in [7, 11) is 0. The largest absolute Gasteiger partial charge is 0.444 e. The zero-order chi connectivity index (χ0) is 18.4. The number of ether oxygens (including phenoxy) is 1. The van der Waals surface area contributed by atoms with Crippen LogP contribution in [0.2, 0.25) is 0 Å². The monoisotopic (exact) mass is 366 g/mol. The van der Waals surface area contributed by atoms with Gasteiger partial charge in [0.25, 0.3) is 0 Å². The van der Waals surface area contributed by atoms with Crippen LogP contribution in [0.3, 0.4) is 0 Å². The van der Waals surface area contributed by atoms with Crippen LogP contribution in [-0.2, 0) is 4.74 Å². The van der Waals surface area contributed by atoms with Gasteiger partial charge in [0, 0.05) is 40.6 Å². The smallest absolute Gasteiger partial charge is 0.407 e. The van der Waals surface area contributed by atoms with Crippen LogP contribution in [0.15, 0.2) is 24.7 Å². The molecule has 2 fully saturated rings. The number of amides is 1. The molecule has 8 heteroatoms. The van der Waals surface area contributed by atoms with Crippen molar-refractivity contribution in [1.82, 2.24) is 25.5 Å². The molecular weight excluding hydrogens is 344 g/mol. The van der Waals surface area contributed by atoms with E-state index < -0.39 is 0 Å². The van der Waals surface area contributed by atoms with Crippen molar-refractivity contribution in [3.63, 3.8) is 0 Å². The third-order valence-electron chi connectivity index (χ3n) is 5.47. The van der Waals surface area contributed by atoms with Gasteiger partial charge in [-0.1, -0.05) is 0 Å². The van der Waals surface area contributed by atoms with Crippen LogP contribution >= 0.6 is 0 Å². The van der Waals surface area contributed by atoms with Crippen LogP contribution < -0.4 is 10.2 Å². The number of aromatic nitrogens is 4. The first-order valence-corrected chi connectivity index (χ1v) is 9.50. The quantitative estimate of drug-likeness (QED) is 0.740. The van der Waals surface area contributed by atoms with E-state index in [0.717, 1.165) is 53.3 Å². The summed E-state index contributed by atoms with van der Waals surface area (Å²) < 4.78 is 5.67. The van der Waals surface area contributed by atoms with Gasteiger partial charge >= 0.3 is 6.09 Å². The number of aromatic amines is 1. The number of alkyl carbamates (subject to hydrolysis) is 1. The number of rotatable bonds is 3. The van der Waals surface area contributed by atoms with Gasteiger partial charge in [-0.2, -0.15) is 5.10 Å². The number of nitrogens with zero attached hydrogens (tertiary/aromatic N) is 4. The SMILES string of the molecule is CC1CCC(OC(=O)NC2CC2)CN1c1nncc2cnc3[nH]ccc3c12. The van der Waals surface area contributed by atoms with Crippen molar-refractivity contribution in [2.75, 3.05) is 11.4 Å². The lowest BCUT2D eigenvalue weighted by atomic mass is 10.0. The lowest BCUT2D eigenvalue weighted by Gasteiger charge is -2.38. The maximum absolute atomic E-state index is 12.0. The Bertz CT molecular complexity index is 998. The van der Waals surface area contributed by atoms with E-state index in [9.17, 15) is 4.79 Å². The maximum atomic E-state index is 12.0. The highest BCUT2D eigenvalue weighted by atomic mass is 16.6. The molecule has 2 unspecified atom stereocenters. The predicted octanol–water partition coefficient (Wildman–Crippen LogP) is 2.75. The van der Waals surface area contributed by atoms with Gasteiger partial charge in [-0.15, -0.1) is 5.10 Å². The summed E-state index contributed by atoms with van der Waals surface area (Å²) in [6.07, 6.45) is 8.87. The van der Waals surface area contributed by atoms with Crippen molar-refractivity contribution < 1.29 is 9.53 Å². The molecule has 0 bridgehead atoms. The molecule has 2 N–H and O–H groups in total. The standard InChI is InChI=1S/C19H22N6O2/c1-11-2-5-14(27-19(26)23-13-3-4-13)10-25(11)18-16-12(9-22-24-18)8-21-17-15(16)6-7-20-17/h6-9,11,13-14H,2-5,10H2,1H3,(H,20,21)(H,23,26). The molecule has 5 rings (SSSR count). The predicted molar refractivity (Wildman–Crippen MR) is 102 cm³/mol. The number of H-pyrrole nitrogens is 1. The van der Waals surface area contributed by atoms with E-state index in [1.54, 1.807) is 6.20 Å². The highest BCUT2D eigenvalue weighted by Crippen LogP contribution is 2.33. The Morgan fingerprint density at radius 3 is 3.04 bits per heavy atom. The molecule has 1 amide bonds. The molecule has 2 atom stereocenters. The van der Waals surface area contributed by atoms with Crippen LogP contribution in [0.1, 0.15) is 32.6 Å². The van der Waals surface area contributed by atoms with Gasteiger partial charge in [0.1, 0.15) is 11.8 Å². The Kier molecular flexibility index (Phi) is 3.84. The van der Waals surface area contributed by atoms with Crippen LogP contribution in [0.5, 0.6) is 0 Å². The van der Waals surface area contributed by atoms with E-state index >= 15 is 0 Å². The van der Waals surface area contributed by atoms with Gasteiger partial charge in [-0.05, 0) is 38.7 Å². The fourth-order valence-corrected chi connectivity index (χ4v) is 3.81. The molecule has 3 aromatic rings. The highest BCUT2D eigenvalue weighted by Gasteiger charge is 2.32. The van der Waals surface area contributed by atoms with Crippen LogP contribution in [-0.4, -0.2) is 51.0 Å². The zero-order valence-electron chi connectivity index (χ0n) is 15.2. The summed E-state index contributed by atoms with van der Waals surface area (Å²) in [6, 6.07) is 2.61. The molecule has 3 aromatic heterocycles. The van der Waals surface area contributed by atoms with E-state index in [1.807, 2.05) is 18.5 Å². The molecule has 1 aliphatic heterocycles. The summed E-state index contributed by atoms with van der Waals surface area (Å²) in [4.78, 5) is 21.9. The summed E-state index contributed by atoms with van der Waals surface area (Å²) in [5.74, 6) is 0.822. The van der Waals surface area contributed by atoms with Crippen molar-refractivity contribution in [3.8, 4) is 0 Å². The highest BCUT2D eigenvalue weighted by molar-refractivity contribution is 6.10. The Morgan fingerprint density at radius 1 is 1.30 bits per heavy atom. The van der Waals surface area contributed by atoms with Crippen LogP contribution in [0, 0.1) is 0 Å². The second kappa shape index (κ2) is 6.37. The van der Waals surface area contributed by atoms with Gasteiger partial charge in [0.05, 0.1) is 12.7 Å². The minimum Gasteiger partial charge on any atom is -0.444 e. The molecular formula is C19H22N6O2. The number of nitrogens with one attached hydrogen (secondary N) is 2. The Hall–Kier alpha value is -2.90. The van der Waals surface area contributed by atoms with E-state index in [-0.39, 0.29) is 12.2 Å². The van der Waals surface area contributed by atoms with Gasteiger partial charge in [-0.25, -0.2) is 9.78 Å². The zero-order valence-corrected chi connectivity index (χ0v) is 15.2. The molecule has 0 radical (unpaired) electrons. The Morgan fingerprint density at radius 2 is 2.19 bits per heavy atom. The third-order valence-corrected chi connectivity index (χ3v) is 5.47. The second-order valence-electron chi connectivity index (χ2n) is 7.52. The molecule has 1 aliphatic carbocycles. The fraction of sp³-hybridized carbons (Fsp3) is 0.474. The number of piperidine rings is 1. The Labute approximate surface area is 156 Å².